The number of hydrogen-bond acceptors (Lipinski definition) is 4. The normalized spacial score (nSPS) is 11.6. The van der Waals surface area contributed by atoms with Gasteiger partial charge >= 0.3 is 0 Å². The Kier molecular flexibility index (Phi) is 4.45. The maximum atomic E-state index is 12.9. The van der Waals surface area contributed by atoms with Crippen LogP contribution in [0.15, 0.2) is 71.6 Å². The third kappa shape index (κ3) is 3.46. The largest absolute Gasteiger partial charge is 0.279 e. The second kappa shape index (κ2) is 6.79. The van der Waals surface area contributed by atoms with Crippen LogP contribution in [0.5, 0.6) is 0 Å². The molecule has 0 saturated heterocycles. The molecule has 0 saturated carbocycles. The number of thiazole rings is 1. The number of nitrogens with zero attached hydrogens (tertiary/aromatic N) is 1. The van der Waals surface area contributed by atoms with Crippen molar-refractivity contribution in [2.75, 3.05) is 4.72 Å². The molecule has 1 heterocycles. The maximum absolute atomic E-state index is 12.9. The third-order valence-electron chi connectivity index (χ3n) is 4.36. The number of rotatable bonds is 4. The first kappa shape index (κ1) is 17.7. The molecule has 1 aromatic heterocycles. The molecule has 27 heavy (non-hydrogen) atoms. The Morgan fingerprint density at radius 1 is 0.889 bits per heavy atom. The van der Waals surface area contributed by atoms with E-state index < -0.39 is 10.0 Å². The molecule has 0 atom stereocenters. The van der Waals surface area contributed by atoms with Crippen molar-refractivity contribution in [3.8, 4) is 10.6 Å². The minimum atomic E-state index is -3.68. The highest BCUT2D eigenvalue weighted by molar-refractivity contribution is 7.92. The number of anilines is 1. The molecule has 0 amide bonds. The van der Waals surface area contributed by atoms with Crippen LogP contribution < -0.4 is 4.72 Å². The molecule has 0 spiro atoms. The summed E-state index contributed by atoms with van der Waals surface area (Å²) in [5.74, 6) is 0. The van der Waals surface area contributed by atoms with Crippen LogP contribution in [0, 0.1) is 13.8 Å². The van der Waals surface area contributed by atoms with Gasteiger partial charge in [0.25, 0.3) is 10.0 Å². The van der Waals surface area contributed by atoms with Gasteiger partial charge in [-0.2, -0.15) is 0 Å². The van der Waals surface area contributed by atoms with E-state index in [2.05, 4.69) is 4.72 Å². The summed E-state index contributed by atoms with van der Waals surface area (Å²) in [5, 5.41) is 0.802. The number of benzene rings is 3. The standard InChI is InChI=1S/C21H18N2O2S2/c1-14-10-12-16(13-11-14)27(24,25)23-18-8-5-6-15(2)20(18)21-22-17-7-3-4-9-19(17)26-21/h3-13,23H,1-2H3. The molecule has 0 aliphatic carbocycles. The van der Waals surface area contributed by atoms with Crippen molar-refractivity contribution in [2.45, 2.75) is 18.7 Å². The second-order valence-corrected chi connectivity index (χ2v) is 9.12. The van der Waals surface area contributed by atoms with Gasteiger partial charge in [0.2, 0.25) is 0 Å². The van der Waals surface area contributed by atoms with Crippen molar-refractivity contribution in [1.82, 2.24) is 4.98 Å². The van der Waals surface area contributed by atoms with Crippen LogP contribution in [-0.4, -0.2) is 13.4 Å². The van der Waals surface area contributed by atoms with Gasteiger partial charge < -0.3 is 0 Å². The first-order valence-electron chi connectivity index (χ1n) is 8.49. The van der Waals surface area contributed by atoms with Crippen LogP contribution in [0.25, 0.3) is 20.8 Å². The predicted molar refractivity (Wildman–Crippen MR) is 112 cm³/mol. The van der Waals surface area contributed by atoms with Crippen molar-refractivity contribution in [3.05, 3.63) is 77.9 Å². The van der Waals surface area contributed by atoms with Crippen molar-refractivity contribution >= 4 is 37.3 Å². The highest BCUT2D eigenvalue weighted by atomic mass is 32.2. The SMILES string of the molecule is Cc1ccc(S(=O)(=O)Nc2cccc(C)c2-c2nc3ccccc3s2)cc1. The summed E-state index contributed by atoms with van der Waals surface area (Å²) < 4.78 is 29.5. The summed E-state index contributed by atoms with van der Waals surface area (Å²) in [5.41, 5.74) is 4.25. The highest BCUT2D eigenvalue weighted by Crippen LogP contribution is 2.37. The molecule has 0 aliphatic heterocycles. The monoisotopic (exact) mass is 394 g/mol. The van der Waals surface area contributed by atoms with E-state index in [0.29, 0.717) is 5.69 Å². The smallest absolute Gasteiger partial charge is 0.261 e. The number of aromatic nitrogens is 1. The zero-order valence-electron chi connectivity index (χ0n) is 14.9. The fourth-order valence-corrected chi connectivity index (χ4v) is 5.10. The second-order valence-electron chi connectivity index (χ2n) is 6.40. The van der Waals surface area contributed by atoms with Crippen LogP contribution in [0.4, 0.5) is 5.69 Å². The van der Waals surface area contributed by atoms with Crippen LogP contribution in [-0.2, 0) is 10.0 Å². The predicted octanol–water partition coefficient (Wildman–Crippen LogP) is 5.38. The van der Waals surface area contributed by atoms with Gasteiger partial charge in [0.15, 0.2) is 0 Å². The van der Waals surface area contributed by atoms with Crippen LogP contribution in [0.3, 0.4) is 0 Å². The molecule has 0 radical (unpaired) electrons. The Morgan fingerprint density at radius 3 is 2.37 bits per heavy atom. The first-order chi connectivity index (χ1) is 12.9. The van der Waals surface area contributed by atoms with E-state index in [0.717, 1.165) is 31.9 Å². The highest BCUT2D eigenvalue weighted by Gasteiger charge is 2.19. The average Bonchev–Trinajstić information content (AvgIpc) is 3.05. The van der Waals surface area contributed by atoms with Crippen LogP contribution >= 0.6 is 11.3 Å². The van der Waals surface area contributed by atoms with Crippen LogP contribution in [0.2, 0.25) is 0 Å². The molecule has 136 valence electrons. The average molecular weight is 395 g/mol. The van der Waals surface area contributed by atoms with Gasteiger partial charge in [-0.05, 0) is 49.7 Å². The topological polar surface area (TPSA) is 59.1 Å². The van der Waals surface area contributed by atoms with Crippen molar-refractivity contribution in [1.29, 1.82) is 0 Å². The summed E-state index contributed by atoms with van der Waals surface area (Å²) in [7, 11) is -3.68. The van der Waals surface area contributed by atoms with Gasteiger partial charge in [-0.25, -0.2) is 13.4 Å². The van der Waals surface area contributed by atoms with Gasteiger partial charge in [0.05, 0.1) is 20.8 Å². The summed E-state index contributed by atoms with van der Waals surface area (Å²) in [6, 6.07) is 20.3. The fraction of sp³-hybridized carbons (Fsp3) is 0.0952. The molecule has 3 aromatic carbocycles. The van der Waals surface area contributed by atoms with E-state index >= 15 is 0 Å². The lowest BCUT2D eigenvalue weighted by molar-refractivity contribution is 0.601. The van der Waals surface area contributed by atoms with Gasteiger partial charge in [-0.15, -0.1) is 11.3 Å². The lowest BCUT2D eigenvalue weighted by Crippen LogP contribution is -2.13. The number of sulfonamides is 1. The summed E-state index contributed by atoms with van der Waals surface area (Å²) in [6.07, 6.45) is 0. The first-order valence-corrected chi connectivity index (χ1v) is 10.8. The van der Waals surface area contributed by atoms with Gasteiger partial charge in [-0.1, -0.05) is 42.0 Å². The van der Waals surface area contributed by atoms with E-state index in [1.807, 2.05) is 50.2 Å². The fourth-order valence-electron chi connectivity index (χ4n) is 2.94. The minimum absolute atomic E-state index is 0.241. The third-order valence-corrected chi connectivity index (χ3v) is 6.79. The molecule has 1 N–H and O–H groups in total. The molecule has 0 unspecified atom stereocenters. The summed E-state index contributed by atoms with van der Waals surface area (Å²) in [4.78, 5) is 4.94. The molecule has 4 aromatic rings. The molecular weight excluding hydrogens is 376 g/mol. The number of para-hydroxylation sites is 1. The molecule has 0 fully saturated rings. The van der Waals surface area contributed by atoms with Crippen molar-refractivity contribution < 1.29 is 8.42 Å². The van der Waals surface area contributed by atoms with E-state index in [-0.39, 0.29) is 4.90 Å². The van der Waals surface area contributed by atoms with Crippen LogP contribution in [0.1, 0.15) is 11.1 Å². The Labute approximate surface area is 162 Å². The van der Waals surface area contributed by atoms with E-state index in [4.69, 9.17) is 4.98 Å². The van der Waals surface area contributed by atoms with Crippen molar-refractivity contribution in [2.24, 2.45) is 0 Å². The molecular formula is C21H18N2O2S2. The van der Waals surface area contributed by atoms with Gasteiger partial charge in [-0.3, -0.25) is 4.72 Å². The Bertz CT molecular complexity index is 1190. The molecule has 4 nitrogen and oxygen atoms in total. The van der Waals surface area contributed by atoms with Gasteiger partial charge in [0, 0.05) is 5.56 Å². The molecule has 4 rings (SSSR count). The van der Waals surface area contributed by atoms with Gasteiger partial charge in [0.1, 0.15) is 5.01 Å². The summed E-state index contributed by atoms with van der Waals surface area (Å²) in [6.45, 7) is 3.89. The number of nitrogens with one attached hydrogen (secondary N) is 1. The zero-order chi connectivity index (χ0) is 19.0. The molecule has 0 bridgehead atoms. The lowest BCUT2D eigenvalue weighted by atomic mass is 10.1. The number of hydrogen-bond donors (Lipinski definition) is 1. The van der Waals surface area contributed by atoms with E-state index in [1.165, 1.54) is 0 Å². The Balaban J connectivity index is 1.80. The Morgan fingerprint density at radius 2 is 1.63 bits per heavy atom. The Hall–Kier alpha value is -2.70. The molecule has 0 aliphatic rings. The van der Waals surface area contributed by atoms with E-state index in [9.17, 15) is 8.42 Å². The number of aryl methyl sites for hydroxylation is 2. The lowest BCUT2D eigenvalue weighted by Gasteiger charge is -2.13. The number of fused-ring (bicyclic) bond motifs is 1. The summed E-state index contributed by atoms with van der Waals surface area (Å²) >= 11 is 1.56. The quantitative estimate of drug-likeness (QED) is 0.505. The van der Waals surface area contributed by atoms with E-state index in [1.54, 1.807) is 41.7 Å². The zero-order valence-corrected chi connectivity index (χ0v) is 16.6. The molecule has 6 heteroatoms. The maximum Gasteiger partial charge on any atom is 0.261 e. The van der Waals surface area contributed by atoms with Crippen molar-refractivity contribution in [3.63, 3.8) is 0 Å². The minimum Gasteiger partial charge on any atom is -0.279 e.